The van der Waals surface area contributed by atoms with Crippen LogP contribution in [0.25, 0.3) is 5.82 Å². The van der Waals surface area contributed by atoms with Crippen LogP contribution in [-0.2, 0) is 0 Å². The molecular weight excluding hydrogens is 373 g/mol. The molecule has 0 bridgehead atoms. The van der Waals surface area contributed by atoms with Crippen molar-refractivity contribution in [1.29, 1.82) is 0 Å². The van der Waals surface area contributed by atoms with E-state index in [0.717, 1.165) is 5.69 Å². The minimum atomic E-state index is -0.462. The minimum absolute atomic E-state index is 0.244. The second kappa shape index (κ2) is 7.89. The first kappa shape index (κ1) is 18.3. The molecular formula is C21H16FN5O2. The van der Waals surface area contributed by atoms with Gasteiger partial charge in [0.25, 0.3) is 5.91 Å². The Kier molecular flexibility index (Phi) is 4.98. The number of nitrogens with zero attached hydrogens (tertiary/aromatic N) is 4. The van der Waals surface area contributed by atoms with Gasteiger partial charge in [0.2, 0.25) is 5.88 Å². The first-order valence-corrected chi connectivity index (χ1v) is 8.78. The zero-order chi connectivity index (χ0) is 20.2. The number of halogens is 1. The third-order valence-corrected chi connectivity index (χ3v) is 4.00. The minimum Gasteiger partial charge on any atom is -0.438 e. The van der Waals surface area contributed by atoms with Crippen LogP contribution in [0.4, 0.5) is 10.1 Å². The van der Waals surface area contributed by atoms with Crippen molar-refractivity contribution in [3.05, 3.63) is 90.0 Å². The molecule has 1 amide bonds. The molecule has 1 N–H and O–H groups in total. The Bertz CT molecular complexity index is 1140. The van der Waals surface area contributed by atoms with E-state index in [1.807, 2.05) is 13.0 Å². The molecule has 0 atom stereocenters. The highest BCUT2D eigenvalue weighted by Gasteiger charge is 2.08. The normalized spacial score (nSPS) is 10.6. The average Bonchev–Trinajstić information content (AvgIpc) is 3.16. The number of benzene rings is 2. The summed E-state index contributed by atoms with van der Waals surface area (Å²) in [6, 6.07) is 17.6. The van der Waals surface area contributed by atoms with E-state index in [1.54, 1.807) is 53.3 Å². The van der Waals surface area contributed by atoms with Crippen molar-refractivity contribution in [2.24, 2.45) is 0 Å². The molecule has 0 saturated carbocycles. The van der Waals surface area contributed by atoms with Crippen molar-refractivity contribution in [2.45, 2.75) is 6.92 Å². The molecule has 0 unspecified atom stereocenters. The van der Waals surface area contributed by atoms with E-state index in [0.29, 0.717) is 23.1 Å². The number of carbonyl (C=O) groups excluding carboxylic acids is 1. The highest BCUT2D eigenvalue weighted by molar-refractivity contribution is 6.04. The molecule has 7 nitrogen and oxygen atoms in total. The number of carbonyl (C=O) groups is 1. The molecule has 0 radical (unpaired) electrons. The number of aryl methyl sites for hydroxylation is 1. The maximum atomic E-state index is 13.2. The highest BCUT2D eigenvalue weighted by atomic mass is 19.1. The summed E-state index contributed by atoms with van der Waals surface area (Å²) in [6.07, 6.45) is 1.80. The summed E-state index contributed by atoms with van der Waals surface area (Å²) in [5, 5.41) is 15.1. The molecule has 29 heavy (non-hydrogen) atoms. The van der Waals surface area contributed by atoms with Gasteiger partial charge in [-0.1, -0.05) is 6.07 Å². The predicted octanol–water partition coefficient (Wildman–Crippen LogP) is 4.15. The molecule has 2 aromatic carbocycles. The Morgan fingerprint density at radius 3 is 2.52 bits per heavy atom. The van der Waals surface area contributed by atoms with E-state index >= 15 is 0 Å². The lowest BCUT2D eigenvalue weighted by Crippen LogP contribution is -2.11. The molecule has 0 spiro atoms. The summed E-state index contributed by atoms with van der Waals surface area (Å²) < 4.78 is 20.5. The van der Waals surface area contributed by atoms with E-state index < -0.39 is 11.7 Å². The summed E-state index contributed by atoms with van der Waals surface area (Å²) in [5.41, 5.74) is 1.69. The largest absolute Gasteiger partial charge is 0.438 e. The molecule has 8 heteroatoms. The second-order valence-electron chi connectivity index (χ2n) is 6.22. The van der Waals surface area contributed by atoms with E-state index in [9.17, 15) is 9.18 Å². The van der Waals surface area contributed by atoms with Gasteiger partial charge in [-0.3, -0.25) is 4.79 Å². The van der Waals surface area contributed by atoms with Crippen molar-refractivity contribution in [3.63, 3.8) is 0 Å². The molecule has 0 saturated heterocycles. The Hall–Kier alpha value is -4.07. The van der Waals surface area contributed by atoms with E-state index in [4.69, 9.17) is 4.74 Å². The Balaban J connectivity index is 1.40. The van der Waals surface area contributed by atoms with E-state index in [-0.39, 0.29) is 5.56 Å². The van der Waals surface area contributed by atoms with Crippen LogP contribution >= 0.6 is 0 Å². The van der Waals surface area contributed by atoms with Gasteiger partial charge >= 0.3 is 0 Å². The smallest absolute Gasteiger partial charge is 0.255 e. The predicted molar refractivity (Wildman–Crippen MR) is 105 cm³/mol. The molecule has 2 aromatic heterocycles. The van der Waals surface area contributed by atoms with Gasteiger partial charge in [0.1, 0.15) is 11.6 Å². The Labute approximate surface area is 165 Å². The Morgan fingerprint density at radius 2 is 1.86 bits per heavy atom. The first-order chi connectivity index (χ1) is 14.1. The number of hydrogen-bond acceptors (Lipinski definition) is 5. The van der Waals surface area contributed by atoms with Gasteiger partial charge in [0.05, 0.1) is 5.69 Å². The zero-order valence-corrected chi connectivity index (χ0v) is 15.4. The SMILES string of the molecule is Cc1ccn(-c2ccc(Oc3ccc(NC(=O)c4cccc(F)c4)cc3)nn2)n1. The van der Waals surface area contributed by atoms with Crippen molar-refractivity contribution in [2.75, 3.05) is 5.32 Å². The van der Waals surface area contributed by atoms with Crippen molar-refractivity contribution in [1.82, 2.24) is 20.0 Å². The number of anilines is 1. The van der Waals surface area contributed by atoms with Crippen LogP contribution in [0.5, 0.6) is 11.6 Å². The fourth-order valence-corrected chi connectivity index (χ4v) is 2.59. The number of rotatable bonds is 5. The molecule has 4 rings (SSSR count). The van der Waals surface area contributed by atoms with Crippen LogP contribution in [0.3, 0.4) is 0 Å². The number of ether oxygens (including phenoxy) is 1. The summed E-state index contributed by atoms with van der Waals surface area (Å²) in [6.45, 7) is 1.89. The van der Waals surface area contributed by atoms with Gasteiger partial charge < -0.3 is 10.1 Å². The van der Waals surface area contributed by atoms with Crippen molar-refractivity contribution < 1.29 is 13.9 Å². The van der Waals surface area contributed by atoms with Gasteiger partial charge in [0, 0.05) is 23.5 Å². The quantitative estimate of drug-likeness (QED) is 0.554. The lowest BCUT2D eigenvalue weighted by molar-refractivity contribution is 0.102. The van der Waals surface area contributed by atoms with Crippen LogP contribution in [0.15, 0.2) is 72.9 Å². The topological polar surface area (TPSA) is 81.9 Å². The average molecular weight is 389 g/mol. The number of nitrogens with one attached hydrogen (secondary N) is 1. The molecule has 0 fully saturated rings. The van der Waals surface area contributed by atoms with Gasteiger partial charge in [0.15, 0.2) is 5.82 Å². The summed E-state index contributed by atoms with van der Waals surface area (Å²) in [5.74, 6) is 0.588. The standard InChI is InChI=1S/C21H16FN5O2/c1-14-11-12-27(26-14)19-9-10-20(25-24-19)29-18-7-5-17(6-8-18)23-21(28)15-3-2-4-16(22)13-15/h2-13H,1H3,(H,23,28). The van der Waals surface area contributed by atoms with Crippen LogP contribution in [0, 0.1) is 12.7 Å². The van der Waals surface area contributed by atoms with Crippen LogP contribution in [0.1, 0.15) is 16.1 Å². The highest BCUT2D eigenvalue weighted by Crippen LogP contribution is 2.22. The lowest BCUT2D eigenvalue weighted by Gasteiger charge is -2.08. The summed E-state index contributed by atoms with van der Waals surface area (Å²) in [7, 11) is 0. The number of aromatic nitrogens is 4. The van der Waals surface area contributed by atoms with Gasteiger partial charge in [-0.05, 0) is 61.5 Å². The molecule has 0 aliphatic carbocycles. The molecule has 0 aliphatic rings. The van der Waals surface area contributed by atoms with Crippen LogP contribution in [0.2, 0.25) is 0 Å². The van der Waals surface area contributed by atoms with Gasteiger partial charge in [-0.2, -0.15) is 5.10 Å². The van der Waals surface area contributed by atoms with E-state index in [2.05, 4.69) is 20.6 Å². The first-order valence-electron chi connectivity index (χ1n) is 8.78. The molecule has 144 valence electrons. The fraction of sp³-hybridized carbons (Fsp3) is 0.0476. The van der Waals surface area contributed by atoms with Crippen LogP contribution < -0.4 is 10.1 Å². The molecule has 0 aliphatic heterocycles. The monoisotopic (exact) mass is 389 g/mol. The Morgan fingerprint density at radius 1 is 1.03 bits per heavy atom. The summed E-state index contributed by atoms with van der Waals surface area (Å²) in [4.78, 5) is 12.2. The third kappa shape index (κ3) is 4.44. The molecule has 2 heterocycles. The number of amides is 1. The second-order valence-corrected chi connectivity index (χ2v) is 6.22. The summed E-state index contributed by atoms with van der Waals surface area (Å²) >= 11 is 0. The maximum absolute atomic E-state index is 13.2. The lowest BCUT2D eigenvalue weighted by atomic mass is 10.2. The van der Waals surface area contributed by atoms with Crippen molar-refractivity contribution >= 4 is 11.6 Å². The zero-order valence-electron chi connectivity index (χ0n) is 15.4. The third-order valence-electron chi connectivity index (χ3n) is 4.00. The van der Waals surface area contributed by atoms with Crippen molar-refractivity contribution in [3.8, 4) is 17.4 Å². The number of hydrogen-bond donors (Lipinski definition) is 1. The fourth-order valence-electron chi connectivity index (χ4n) is 2.59. The van der Waals surface area contributed by atoms with Gasteiger partial charge in [-0.25, -0.2) is 9.07 Å². The van der Waals surface area contributed by atoms with E-state index in [1.165, 1.54) is 18.2 Å². The maximum Gasteiger partial charge on any atom is 0.255 e. The molecule has 4 aromatic rings. The van der Waals surface area contributed by atoms with Crippen LogP contribution in [-0.4, -0.2) is 25.9 Å². The van der Waals surface area contributed by atoms with Gasteiger partial charge in [-0.15, -0.1) is 10.2 Å².